The van der Waals surface area contributed by atoms with Crippen LogP contribution in [0.15, 0.2) is 80.8 Å². The van der Waals surface area contributed by atoms with Crippen molar-refractivity contribution in [3.63, 3.8) is 0 Å². The van der Waals surface area contributed by atoms with E-state index in [-0.39, 0.29) is 0 Å². The Balaban J connectivity index is 1.72. The van der Waals surface area contributed by atoms with Gasteiger partial charge in [0.25, 0.3) is 0 Å². The predicted molar refractivity (Wildman–Crippen MR) is 125 cm³/mol. The number of carbonyl (C=O) groups is 1. The van der Waals surface area contributed by atoms with Gasteiger partial charge in [0.1, 0.15) is 24.7 Å². The molecule has 0 unspecified atom stereocenters. The summed E-state index contributed by atoms with van der Waals surface area (Å²) in [6.07, 6.45) is 1.42. The number of aliphatic carboxylic acids is 1. The molecule has 6 nitrogen and oxygen atoms in total. The quantitative estimate of drug-likeness (QED) is 0.256. The standard InChI is InChI=1S/C23H19Br2NO5/c24-19-5-1-16(2-6-19)13-29-21-9-18(12-26-31-15-23(27)28)10-22(11-21)30-14-17-3-7-20(25)8-4-17/h1-12H,13-15H2,(H,27,28)/b26-12-. The zero-order chi connectivity index (χ0) is 22.1. The summed E-state index contributed by atoms with van der Waals surface area (Å²) in [5.41, 5.74) is 2.69. The van der Waals surface area contributed by atoms with Crippen molar-refractivity contribution >= 4 is 44.0 Å². The zero-order valence-corrected chi connectivity index (χ0v) is 19.5. The van der Waals surface area contributed by atoms with E-state index in [4.69, 9.17) is 19.4 Å². The molecule has 0 aromatic heterocycles. The maximum Gasteiger partial charge on any atom is 0.344 e. The number of hydrogen-bond donors (Lipinski definition) is 1. The van der Waals surface area contributed by atoms with Crippen molar-refractivity contribution in [3.8, 4) is 11.5 Å². The molecular formula is C23H19Br2NO5. The summed E-state index contributed by atoms with van der Waals surface area (Å²) in [6.45, 7) is 0.258. The predicted octanol–water partition coefficient (Wildman–Crippen LogP) is 5.80. The fourth-order valence-electron chi connectivity index (χ4n) is 2.52. The van der Waals surface area contributed by atoms with Crippen LogP contribution >= 0.6 is 31.9 Å². The van der Waals surface area contributed by atoms with Crippen LogP contribution in [-0.4, -0.2) is 23.9 Å². The largest absolute Gasteiger partial charge is 0.489 e. The molecule has 8 heteroatoms. The van der Waals surface area contributed by atoms with Crippen LogP contribution in [0.3, 0.4) is 0 Å². The van der Waals surface area contributed by atoms with Crippen molar-refractivity contribution in [1.29, 1.82) is 0 Å². The summed E-state index contributed by atoms with van der Waals surface area (Å²) in [7, 11) is 0. The smallest absolute Gasteiger partial charge is 0.344 e. The van der Waals surface area contributed by atoms with Gasteiger partial charge in [0.15, 0.2) is 0 Å². The van der Waals surface area contributed by atoms with Crippen molar-refractivity contribution in [1.82, 2.24) is 0 Å². The number of carboxylic acids is 1. The molecule has 0 radical (unpaired) electrons. The van der Waals surface area contributed by atoms with Gasteiger partial charge in [-0.25, -0.2) is 4.79 Å². The third-order valence-corrected chi connectivity index (χ3v) is 5.06. The molecule has 31 heavy (non-hydrogen) atoms. The van der Waals surface area contributed by atoms with E-state index in [0.29, 0.717) is 30.3 Å². The summed E-state index contributed by atoms with van der Waals surface area (Å²) in [5, 5.41) is 12.3. The molecule has 0 aliphatic heterocycles. The number of hydrogen-bond acceptors (Lipinski definition) is 5. The van der Waals surface area contributed by atoms with Crippen molar-refractivity contribution in [3.05, 3.63) is 92.4 Å². The van der Waals surface area contributed by atoms with Gasteiger partial charge in [-0.1, -0.05) is 61.3 Å². The summed E-state index contributed by atoms with van der Waals surface area (Å²) in [5.74, 6) is 0.0917. The molecular weight excluding hydrogens is 530 g/mol. The summed E-state index contributed by atoms with van der Waals surface area (Å²) in [6, 6.07) is 21.1. The van der Waals surface area contributed by atoms with E-state index in [2.05, 4.69) is 37.0 Å². The lowest BCUT2D eigenvalue weighted by molar-refractivity contribution is -0.142. The Kier molecular flexibility index (Phi) is 8.49. The number of carboxylic acid groups (broad SMARTS) is 1. The molecule has 0 atom stereocenters. The highest BCUT2D eigenvalue weighted by atomic mass is 79.9. The van der Waals surface area contributed by atoms with E-state index < -0.39 is 12.6 Å². The molecule has 0 amide bonds. The Morgan fingerprint density at radius 1 is 0.839 bits per heavy atom. The van der Waals surface area contributed by atoms with Gasteiger partial charge in [-0.05, 0) is 47.5 Å². The molecule has 0 saturated heterocycles. The van der Waals surface area contributed by atoms with Crippen LogP contribution in [0.25, 0.3) is 0 Å². The fourth-order valence-corrected chi connectivity index (χ4v) is 3.05. The summed E-state index contributed by atoms with van der Waals surface area (Å²) in [4.78, 5) is 15.3. The average Bonchev–Trinajstić information content (AvgIpc) is 2.76. The Morgan fingerprint density at radius 2 is 1.32 bits per heavy atom. The van der Waals surface area contributed by atoms with Crippen LogP contribution in [0.5, 0.6) is 11.5 Å². The number of ether oxygens (including phenoxy) is 2. The normalized spacial score (nSPS) is 10.8. The lowest BCUT2D eigenvalue weighted by Crippen LogP contribution is -2.03. The first-order valence-electron chi connectivity index (χ1n) is 9.24. The minimum Gasteiger partial charge on any atom is -0.489 e. The number of benzene rings is 3. The second-order valence-electron chi connectivity index (χ2n) is 6.47. The molecule has 0 fully saturated rings. The van der Waals surface area contributed by atoms with E-state index >= 15 is 0 Å². The first kappa shape index (κ1) is 22.8. The first-order chi connectivity index (χ1) is 15.0. The lowest BCUT2D eigenvalue weighted by Gasteiger charge is -2.12. The molecule has 1 N–H and O–H groups in total. The van der Waals surface area contributed by atoms with Crippen molar-refractivity contribution in [2.75, 3.05) is 6.61 Å². The van der Waals surface area contributed by atoms with Gasteiger partial charge >= 0.3 is 5.97 Å². The van der Waals surface area contributed by atoms with E-state index in [1.54, 1.807) is 18.2 Å². The molecule has 0 aliphatic carbocycles. The molecule has 0 spiro atoms. The highest BCUT2D eigenvalue weighted by Gasteiger charge is 2.05. The number of nitrogens with zero attached hydrogens (tertiary/aromatic N) is 1. The average molecular weight is 549 g/mol. The highest BCUT2D eigenvalue weighted by Crippen LogP contribution is 2.25. The number of halogens is 2. The Bertz CT molecular complexity index is 969. The monoisotopic (exact) mass is 547 g/mol. The molecule has 3 aromatic carbocycles. The molecule has 3 rings (SSSR count). The zero-order valence-electron chi connectivity index (χ0n) is 16.3. The Labute approximate surface area is 196 Å². The Morgan fingerprint density at radius 3 is 1.77 bits per heavy atom. The van der Waals surface area contributed by atoms with Crippen LogP contribution in [0, 0.1) is 0 Å². The minimum absolute atomic E-state index is 0.384. The van der Waals surface area contributed by atoms with Gasteiger partial charge in [-0.3, -0.25) is 0 Å². The Hall–Kier alpha value is -2.84. The summed E-state index contributed by atoms with van der Waals surface area (Å²) < 4.78 is 13.9. The van der Waals surface area contributed by atoms with Gasteiger partial charge in [0, 0.05) is 20.6 Å². The topological polar surface area (TPSA) is 77.4 Å². The number of rotatable bonds is 10. The third kappa shape index (κ3) is 8.07. The molecule has 160 valence electrons. The van der Waals surface area contributed by atoms with E-state index in [0.717, 1.165) is 20.1 Å². The van der Waals surface area contributed by atoms with E-state index in [1.165, 1.54) is 6.21 Å². The van der Waals surface area contributed by atoms with Crippen LogP contribution < -0.4 is 9.47 Å². The second-order valence-corrected chi connectivity index (χ2v) is 8.30. The van der Waals surface area contributed by atoms with Gasteiger partial charge in [0.2, 0.25) is 6.61 Å². The van der Waals surface area contributed by atoms with Crippen LogP contribution in [0.2, 0.25) is 0 Å². The van der Waals surface area contributed by atoms with Gasteiger partial charge in [-0.2, -0.15) is 0 Å². The van der Waals surface area contributed by atoms with Crippen molar-refractivity contribution < 1.29 is 24.2 Å². The molecule has 3 aromatic rings. The van der Waals surface area contributed by atoms with Crippen molar-refractivity contribution in [2.45, 2.75) is 13.2 Å². The number of oxime groups is 1. The second kappa shape index (κ2) is 11.5. The SMILES string of the molecule is O=C(O)CO/N=C\c1cc(OCc2ccc(Br)cc2)cc(OCc2ccc(Br)cc2)c1. The van der Waals surface area contributed by atoms with Crippen LogP contribution in [0.4, 0.5) is 0 Å². The maximum atomic E-state index is 10.6. The minimum atomic E-state index is -1.10. The molecule has 0 saturated carbocycles. The fraction of sp³-hybridized carbons (Fsp3) is 0.130. The van der Waals surface area contributed by atoms with Gasteiger partial charge in [-0.15, -0.1) is 0 Å². The molecule has 0 heterocycles. The van der Waals surface area contributed by atoms with E-state index in [1.807, 2.05) is 48.5 Å². The van der Waals surface area contributed by atoms with Crippen molar-refractivity contribution in [2.24, 2.45) is 5.16 Å². The van der Waals surface area contributed by atoms with Gasteiger partial charge in [0.05, 0.1) is 6.21 Å². The van der Waals surface area contributed by atoms with E-state index in [9.17, 15) is 4.79 Å². The van der Waals surface area contributed by atoms with Crippen LogP contribution in [0.1, 0.15) is 16.7 Å². The maximum absolute atomic E-state index is 10.6. The van der Waals surface area contributed by atoms with Crippen LogP contribution in [-0.2, 0) is 22.8 Å². The lowest BCUT2D eigenvalue weighted by atomic mass is 10.2. The molecule has 0 aliphatic rings. The first-order valence-corrected chi connectivity index (χ1v) is 10.8. The molecule has 0 bridgehead atoms. The van der Waals surface area contributed by atoms with Gasteiger partial charge < -0.3 is 19.4 Å². The summed E-state index contributed by atoms with van der Waals surface area (Å²) >= 11 is 6.83. The third-order valence-electron chi connectivity index (χ3n) is 4.00. The highest BCUT2D eigenvalue weighted by molar-refractivity contribution is 9.10.